The van der Waals surface area contributed by atoms with Crippen molar-refractivity contribution in [3.05, 3.63) is 75.3 Å². The van der Waals surface area contributed by atoms with Crippen molar-refractivity contribution in [2.24, 2.45) is 5.73 Å². The van der Waals surface area contributed by atoms with Gasteiger partial charge in [-0.05, 0) is 29.8 Å². The number of primary amides is 1. The van der Waals surface area contributed by atoms with Crippen LogP contribution in [0.2, 0.25) is 10.0 Å². The molecule has 2 aromatic rings. The van der Waals surface area contributed by atoms with Crippen LogP contribution in [0, 0.1) is 0 Å². The normalized spacial score (nSPS) is 10.8. The van der Waals surface area contributed by atoms with E-state index in [1.54, 1.807) is 42.5 Å². The van der Waals surface area contributed by atoms with Crippen LogP contribution < -0.4 is 11.2 Å². The van der Waals surface area contributed by atoms with Crippen molar-refractivity contribution in [3.63, 3.8) is 0 Å². The van der Waals surface area contributed by atoms with E-state index in [9.17, 15) is 9.59 Å². The molecule has 0 radical (unpaired) electrons. The second kappa shape index (κ2) is 8.49. The third-order valence-corrected chi connectivity index (χ3v) is 3.60. The van der Waals surface area contributed by atoms with Crippen LogP contribution in [-0.2, 0) is 4.84 Å². The van der Waals surface area contributed by atoms with Crippen molar-refractivity contribution in [1.29, 1.82) is 0 Å². The first kappa shape index (κ1) is 18.0. The number of hydrogen-bond donors (Lipinski definition) is 2. The predicted molar refractivity (Wildman–Crippen MR) is 93.9 cm³/mol. The molecule has 2 amide bonds. The van der Waals surface area contributed by atoms with Crippen LogP contribution in [0.15, 0.2) is 48.5 Å². The number of nitrogens with one attached hydrogen (secondary N) is 1. The van der Waals surface area contributed by atoms with Crippen LogP contribution >= 0.6 is 23.2 Å². The van der Waals surface area contributed by atoms with Crippen molar-refractivity contribution < 1.29 is 14.4 Å². The topological polar surface area (TPSA) is 81.4 Å². The summed E-state index contributed by atoms with van der Waals surface area (Å²) in [5.41, 5.74) is 8.53. The monoisotopic (exact) mass is 364 g/mol. The first-order chi connectivity index (χ1) is 11.5. The predicted octanol–water partition coefficient (Wildman–Crippen LogP) is 3.47. The second-order valence-corrected chi connectivity index (χ2v) is 5.56. The SMILES string of the molecule is NC(=O)c1ccccc1C(=O)NOC/C=C/c1ccc(Cl)cc1Cl. The van der Waals surface area contributed by atoms with E-state index in [2.05, 4.69) is 5.48 Å². The summed E-state index contributed by atoms with van der Waals surface area (Å²) in [5, 5.41) is 1.06. The van der Waals surface area contributed by atoms with Crippen LogP contribution in [0.5, 0.6) is 0 Å². The van der Waals surface area contributed by atoms with Crippen LogP contribution in [0.1, 0.15) is 26.3 Å². The zero-order valence-corrected chi connectivity index (χ0v) is 14.0. The highest BCUT2D eigenvalue weighted by molar-refractivity contribution is 6.35. The minimum Gasteiger partial charge on any atom is -0.366 e. The Morgan fingerprint density at radius 1 is 1.12 bits per heavy atom. The summed E-state index contributed by atoms with van der Waals surface area (Å²) >= 11 is 11.8. The van der Waals surface area contributed by atoms with E-state index in [-0.39, 0.29) is 17.7 Å². The smallest absolute Gasteiger partial charge is 0.275 e. The molecule has 0 heterocycles. The van der Waals surface area contributed by atoms with E-state index in [0.29, 0.717) is 10.0 Å². The van der Waals surface area contributed by atoms with Gasteiger partial charge in [0, 0.05) is 10.0 Å². The zero-order chi connectivity index (χ0) is 17.5. The molecule has 0 aromatic heterocycles. The summed E-state index contributed by atoms with van der Waals surface area (Å²) in [7, 11) is 0. The molecule has 0 aliphatic carbocycles. The first-order valence-electron chi connectivity index (χ1n) is 6.91. The van der Waals surface area contributed by atoms with Gasteiger partial charge in [-0.2, -0.15) is 0 Å². The van der Waals surface area contributed by atoms with Crippen LogP contribution in [0.4, 0.5) is 0 Å². The van der Waals surface area contributed by atoms with Gasteiger partial charge in [0.25, 0.3) is 5.91 Å². The summed E-state index contributed by atoms with van der Waals surface area (Å²) < 4.78 is 0. The molecule has 7 heteroatoms. The molecule has 0 unspecified atom stereocenters. The number of carbonyl (C=O) groups is 2. The molecule has 24 heavy (non-hydrogen) atoms. The van der Waals surface area contributed by atoms with Gasteiger partial charge in [0.05, 0.1) is 17.7 Å². The lowest BCUT2D eigenvalue weighted by Crippen LogP contribution is -2.27. The molecule has 2 rings (SSSR count). The fourth-order valence-electron chi connectivity index (χ4n) is 1.92. The number of hydrogen-bond acceptors (Lipinski definition) is 3. The number of amides is 2. The lowest BCUT2D eigenvalue weighted by Gasteiger charge is -2.07. The molecule has 0 aliphatic heterocycles. The summed E-state index contributed by atoms with van der Waals surface area (Å²) in [6.07, 6.45) is 3.41. The number of nitrogens with two attached hydrogens (primary N) is 1. The lowest BCUT2D eigenvalue weighted by atomic mass is 10.1. The van der Waals surface area contributed by atoms with Gasteiger partial charge in [-0.25, -0.2) is 5.48 Å². The molecule has 2 aromatic carbocycles. The Kier molecular flexibility index (Phi) is 6.37. The molecule has 0 saturated carbocycles. The maximum Gasteiger partial charge on any atom is 0.275 e. The number of hydroxylamine groups is 1. The summed E-state index contributed by atoms with van der Waals surface area (Å²) in [6, 6.07) is 11.3. The summed E-state index contributed by atoms with van der Waals surface area (Å²) in [4.78, 5) is 28.3. The van der Waals surface area contributed by atoms with E-state index in [1.807, 2.05) is 0 Å². The Bertz CT molecular complexity index is 791. The molecule has 0 atom stereocenters. The second-order valence-electron chi connectivity index (χ2n) is 4.72. The summed E-state index contributed by atoms with van der Waals surface area (Å²) in [5.74, 6) is -1.24. The van der Waals surface area contributed by atoms with Crippen molar-refractivity contribution in [2.75, 3.05) is 6.61 Å². The van der Waals surface area contributed by atoms with Crippen LogP contribution in [0.3, 0.4) is 0 Å². The molecule has 0 saturated heterocycles. The van der Waals surface area contributed by atoms with Crippen molar-refractivity contribution in [2.45, 2.75) is 0 Å². The third kappa shape index (κ3) is 4.83. The van der Waals surface area contributed by atoms with Gasteiger partial charge in [0.1, 0.15) is 0 Å². The van der Waals surface area contributed by atoms with E-state index < -0.39 is 11.8 Å². The fourth-order valence-corrected chi connectivity index (χ4v) is 2.39. The summed E-state index contributed by atoms with van der Waals surface area (Å²) in [6.45, 7) is 0.115. The Hall–Kier alpha value is -2.34. The number of halogens is 2. The molecule has 0 bridgehead atoms. The zero-order valence-electron chi connectivity index (χ0n) is 12.5. The van der Waals surface area contributed by atoms with E-state index >= 15 is 0 Å². The van der Waals surface area contributed by atoms with E-state index in [0.717, 1.165) is 5.56 Å². The molecular weight excluding hydrogens is 351 g/mol. The highest BCUT2D eigenvalue weighted by Gasteiger charge is 2.13. The van der Waals surface area contributed by atoms with Gasteiger partial charge in [-0.15, -0.1) is 0 Å². The van der Waals surface area contributed by atoms with Gasteiger partial charge in [-0.3, -0.25) is 14.4 Å². The number of carbonyl (C=O) groups excluding carboxylic acids is 2. The average Bonchev–Trinajstić information content (AvgIpc) is 2.56. The Labute approximate surface area is 149 Å². The molecule has 0 aliphatic rings. The highest BCUT2D eigenvalue weighted by atomic mass is 35.5. The van der Waals surface area contributed by atoms with Crippen LogP contribution in [0.25, 0.3) is 6.08 Å². The van der Waals surface area contributed by atoms with Crippen molar-refractivity contribution >= 4 is 41.1 Å². The van der Waals surface area contributed by atoms with E-state index in [4.69, 9.17) is 33.8 Å². The number of rotatable bonds is 6. The Morgan fingerprint density at radius 2 is 1.83 bits per heavy atom. The quantitative estimate of drug-likeness (QED) is 0.608. The minimum atomic E-state index is -0.682. The van der Waals surface area contributed by atoms with Gasteiger partial charge >= 0.3 is 0 Å². The van der Waals surface area contributed by atoms with Gasteiger partial charge < -0.3 is 5.73 Å². The first-order valence-corrected chi connectivity index (χ1v) is 7.67. The molecule has 124 valence electrons. The minimum absolute atomic E-state index is 0.115. The molecule has 0 fully saturated rings. The van der Waals surface area contributed by atoms with Crippen molar-refractivity contribution in [1.82, 2.24) is 5.48 Å². The van der Waals surface area contributed by atoms with Crippen molar-refractivity contribution in [3.8, 4) is 0 Å². The number of benzene rings is 2. The molecule has 5 nitrogen and oxygen atoms in total. The third-order valence-electron chi connectivity index (χ3n) is 3.04. The van der Waals surface area contributed by atoms with Crippen LogP contribution in [-0.4, -0.2) is 18.4 Å². The van der Waals surface area contributed by atoms with Gasteiger partial charge in [0.15, 0.2) is 0 Å². The molecular formula is C17H14Cl2N2O3. The molecule has 3 N–H and O–H groups in total. The fraction of sp³-hybridized carbons (Fsp3) is 0.0588. The highest BCUT2D eigenvalue weighted by Crippen LogP contribution is 2.21. The average molecular weight is 365 g/mol. The lowest BCUT2D eigenvalue weighted by molar-refractivity contribution is 0.0420. The van der Waals surface area contributed by atoms with E-state index in [1.165, 1.54) is 12.1 Å². The molecule has 0 spiro atoms. The Balaban J connectivity index is 1.89. The van der Waals surface area contributed by atoms with Gasteiger partial charge in [-0.1, -0.05) is 53.6 Å². The maximum atomic E-state index is 12.0. The van der Waals surface area contributed by atoms with Gasteiger partial charge in [0.2, 0.25) is 5.91 Å². The Morgan fingerprint density at radius 3 is 2.50 bits per heavy atom. The largest absolute Gasteiger partial charge is 0.366 e. The maximum absolute atomic E-state index is 12.0. The standard InChI is InChI=1S/C17H14Cl2N2O3/c18-12-8-7-11(15(19)10-12)4-3-9-24-21-17(23)14-6-2-1-5-13(14)16(20)22/h1-8,10H,9H2,(H2,20,22)(H,21,23)/b4-3+.